The Bertz CT molecular complexity index is 149. The smallest absolute Gasteiger partial charge is 0.118 e. The maximum atomic E-state index is 5.03. The summed E-state index contributed by atoms with van der Waals surface area (Å²) in [5.74, 6) is 0. The number of ether oxygens (including phenoxy) is 1. The molecule has 4 nitrogen and oxygen atoms in total. The van der Waals surface area contributed by atoms with Crippen LogP contribution in [0.25, 0.3) is 0 Å². The van der Waals surface area contributed by atoms with Gasteiger partial charge in [-0.15, -0.1) is 0 Å². The Morgan fingerprint density at radius 3 is 3.00 bits per heavy atom. The molecule has 0 aromatic carbocycles. The lowest BCUT2D eigenvalue weighted by molar-refractivity contribution is 0.0680. The van der Waals surface area contributed by atoms with Crippen LogP contribution in [0.3, 0.4) is 0 Å². The van der Waals surface area contributed by atoms with Crippen LogP contribution in [-0.2, 0) is 4.74 Å². The van der Waals surface area contributed by atoms with Crippen LogP contribution in [0.4, 0.5) is 0 Å². The second-order valence-electron chi connectivity index (χ2n) is 2.75. The molecule has 0 aromatic rings. The summed E-state index contributed by atoms with van der Waals surface area (Å²) in [6.07, 6.45) is 1.94. The van der Waals surface area contributed by atoms with Crippen molar-refractivity contribution in [1.29, 1.82) is 0 Å². The summed E-state index contributed by atoms with van der Waals surface area (Å²) >= 11 is 0. The fraction of sp³-hybridized carbons (Fsp3) is 0.857. The third kappa shape index (κ3) is 1.91. The lowest BCUT2D eigenvalue weighted by Crippen LogP contribution is -2.45. The van der Waals surface area contributed by atoms with E-state index in [0.717, 1.165) is 6.61 Å². The standard InChI is InChI=1S/C7H15N3O/c1-6(4-11-3)10-7(2)8-5-9-10/h5-7H,4H2,1-3H3,(H,8,9). The minimum Gasteiger partial charge on any atom is -0.383 e. The van der Waals surface area contributed by atoms with Crippen molar-refractivity contribution in [2.45, 2.75) is 26.1 Å². The molecule has 1 aliphatic heterocycles. The Hall–Kier alpha value is -0.610. The zero-order valence-electron chi connectivity index (χ0n) is 7.24. The number of rotatable bonds is 3. The molecule has 2 atom stereocenters. The molecular formula is C7H15N3O. The lowest BCUT2D eigenvalue weighted by Gasteiger charge is -2.26. The van der Waals surface area contributed by atoms with Gasteiger partial charge >= 0.3 is 0 Å². The monoisotopic (exact) mass is 157 g/mol. The first-order chi connectivity index (χ1) is 5.25. The Morgan fingerprint density at radius 2 is 2.55 bits per heavy atom. The predicted octanol–water partition coefficient (Wildman–Crippen LogP) is 0.216. The van der Waals surface area contributed by atoms with E-state index in [9.17, 15) is 0 Å². The molecule has 0 fully saturated rings. The van der Waals surface area contributed by atoms with Gasteiger partial charge < -0.3 is 10.2 Å². The average Bonchev–Trinajstić information content (AvgIpc) is 2.36. The van der Waals surface area contributed by atoms with Crippen LogP contribution >= 0.6 is 0 Å². The number of nitrogens with zero attached hydrogens (tertiary/aromatic N) is 2. The summed E-state index contributed by atoms with van der Waals surface area (Å²) < 4.78 is 5.03. The SMILES string of the molecule is COCC(C)N1NC=NC1C. The quantitative estimate of drug-likeness (QED) is 0.636. The summed E-state index contributed by atoms with van der Waals surface area (Å²) in [6.45, 7) is 4.87. The summed E-state index contributed by atoms with van der Waals surface area (Å²) in [5, 5.41) is 2.06. The highest BCUT2D eigenvalue weighted by molar-refractivity contribution is 5.55. The first-order valence-electron chi connectivity index (χ1n) is 3.80. The van der Waals surface area contributed by atoms with E-state index in [1.807, 2.05) is 6.92 Å². The second-order valence-corrected chi connectivity index (χ2v) is 2.75. The van der Waals surface area contributed by atoms with Gasteiger partial charge in [-0.25, -0.2) is 0 Å². The number of hydrogen-bond donors (Lipinski definition) is 1. The molecule has 1 aliphatic rings. The van der Waals surface area contributed by atoms with Crippen LogP contribution in [-0.4, -0.2) is 37.3 Å². The van der Waals surface area contributed by atoms with E-state index < -0.39 is 0 Å². The Balaban J connectivity index is 2.35. The van der Waals surface area contributed by atoms with Crippen molar-refractivity contribution in [3.05, 3.63) is 0 Å². The second kappa shape index (κ2) is 3.69. The third-order valence-corrected chi connectivity index (χ3v) is 1.78. The van der Waals surface area contributed by atoms with Gasteiger partial charge in [-0.1, -0.05) is 0 Å². The number of methoxy groups -OCH3 is 1. The van der Waals surface area contributed by atoms with Gasteiger partial charge in [0, 0.05) is 7.11 Å². The van der Waals surface area contributed by atoms with E-state index in [0.29, 0.717) is 6.04 Å². The highest BCUT2D eigenvalue weighted by Gasteiger charge is 2.21. The molecule has 11 heavy (non-hydrogen) atoms. The molecule has 64 valence electrons. The van der Waals surface area contributed by atoms with Crippen molar-refractivity contribution in [2.75, 3.05) is 13.7 Å². The highest BCUT2D eigenvalue weighted by atomic mass is 16.5. The van der Waals surface area contributed by atoms with Gasteiger partial charge in [-0.2, -0.15) is 5.01 Å². The van der Waals surface area contributed by atoms with Crippen LogP contribution in [0.2, 0.25) is 0 Å². The summed E-state index contributed by atoms with van der Waals surface area (Å²) in [6, 6.07) is 0.359. The van der Waals surface area contributed by atoms with Gasteiger partial charge in [0.25, 0.3) is 0 Å². The molecule has 2 unspecified atom stereocenters. The van der Waals surface area contributed by atoms with E-state index in [-0.39, 0.29) is 6.17 Å². The number of nitrogens with one attached hydrogen (secondary N) is 1. The number of aliphatic imine (C=N–C) groups is 1. The molecule has 0 saturated carbocycles. The van der Waals surface area contributed by atoms with Gasteiger partial charge in [0.2, 0.25) is 0 Å². The van der Waals surface area contributed by atoms with Crippen LogP contribution in [0.5, 0.6) is 0 Å². The van der Waals surface area contributed by atoms with Crippen molar-refractivity contribution in [1.82, 2.24) is 10.4 Å². The maximum absolute atomic E-state index is 5.03. The van der Waals surface area contributed by atoms with E-state index in [2.05, 4.69) is 22.4 Å². The molecule has 4 heteroatoms. The Kier molecular flexibility index (Phi) is 2.84. The molecule has 0 spiro atoms. The summed E-state index contributed by atoms with van der Waals surface area (Å²) in [7, 11) is 1.71. The van der Waals surface area contributed by atoms with Crippen molar-refractivity contribution in [3.8, 4) is 0 Å². The normalized spacial score (nSPS) is 27.0. The minimum absolute atomic E-state index is 0.222. The molecule has 0 aromatic heterocycles. The van der Waals surface area contributed by atoms with Gasteiger partial charge in [-0.05, 0) is 13.8 Å². The van der Waals surface area contributed by atoms with E-state index in [1.165, 1.54) is 0 Å². The van der Waals surface area contributed by atoms with Crippen LogP contribution < -0.4 is 5.43 Å². The largest absolute Gasteiger partial charge is 0.383 e. The Labute approximate surface area is 67.2 Å². The minimum atomic E-state index is 0.222. The Morgan fingerprint density at radius 1 is 1.82 bits per heavy atom. The van der Waals surface area contributed by atoms with Crippen LogP contribution in [0.15, 0.2) is 4.99 Å². The fourth-order valence-electron chi connectivity index (χ4n) is 1.20. The summed E-state index contributed by atoms with van der Waals surface area (Å²) in [4.78, 5) is 4.16. The maximum Gasteiger partial charge on any atom is 0.118 e. The molecule has 0 saturated heterocycles. The van der Waals surface area contributed by atoms with Crippen LogP contribution in [0, 0.1) is 0 Å². The topological polar surface area (TPSA) is 36.9 Å². The molecule has 1 rings (SSSR count). The first kappa shape index (κ1) is 8.49. The molecule has 0 aliphatic carbocycles. The van der Waals surface area contributed by atoms with Crippen molar-refractivity contribution >= 4 is 6.34 Å². The number of hydrazine groups is 1. The van der Waals surface area contributed by atoms with Gasteiger partial charge in [0.1, 0.15) is 6.17 Å². The van der Waals surface area contributed by atoms with Gasteiger partial charge in [0.05, 0.1) is 19.0 Å². The molecule has 1 heterocycles. The lowest BCUT2D eigenvalue weighted by atomic mass is 10.3. The summed E-state index contributed by atoms with van der Waals surface area (Å²) in [5.41, 5.74) is 3.05. The van der Waals surface area contributed by atoms with Crippen molar-refractivity contribution < 1.29 is 4.74 Å². The molecule has 1 N–H and O–H groups in total. The zero-order chi connectivity index (χ0) is 8.27. The first-order valence-corrected chi connectivity index (χ1v) is 3.80. The predicted molar refractivity (Wildman–Crippen MR) is 44.3 cm³/mol. The van der Waals surface area contributed by atoms with E-state index in [4.69, 9.17) is 4.74 Å². The van der Waals surface area contributed by atoms with E-state index >= 15 is 0 Å². The van der Waals surface area contributed by atoms with Crippen molar-refractivity contribution in [2.24, 2.45) is 4.99 Å². The van der Waals surface area contributed by atoms with E-state index in [1.54, 1.807) is 13.4 Å². The highest BCUT2D eigenvalue weighted by Crippen LogP contribution is 2.06. The third-order valence-electron chi connectivity index (χ3n) is 1.78. The van der Waals surface area contributed by atoms with Crippen molar-refractivity contribution in [3.63, 3.8) is 0 Å². The van der Waals surface area contributed by atoms with Gasteiger partial charge in [-0.3, -0.25) is 4.99 Å². The van der Waals surface area contributed by atoms with Crippen LogP contribution in [0.1, 0.15) is 13.8 Å². The number of hydrogen-bond acceptors (Lipinski definition) is 4. The molecule has 0 radical (unpaired) electrons. The zero-order valence-corrected chi connectivity index (χ0v) is 7.24. The molecule has 0 bridgehead atoms. The fourth-order valence-corrected chi connectivity index (χ4v) is 1.20. The van der Waals surface area contributed by atoms with Gasteiger partial charge in [0.15, 0.2) is 0 Å². The molecular weight excluding hydrogens is 142 g/mol. The molecule has 0 amide bonds. The average molecular weight is 157 g/mol.